The number of aromatic nitrogens is 2. The van der Waals surface area contributed by atoms with Crippen molar-refractivity contribution < 1.29 is 0 Å². The Kier molecular flexibility index (Phi) is 5.59. The minimum Gasteiger partial charge on any atom is -0.277 e. The molecule has 0 atom stereocenters. The van der Waals surface area contributed by atoms with Crippen LogP contribution in [0.1, 0.15) is 25.8 Å². The number of hydrogen-bond donors (Lipinski definition) is 1. The molecule has 0 bridgehead atoms. The zero-order valence-corrected chi connectivity index (χ0v) is 16.0. The number of fused-ring (bicyclic) bond motifs is 1. The Morgan fingerprint density at radius 1 is 1.19 bits per heavy atom. The standard InChI is InChI=1S/C19H18Cl2N4O/c1-3-16(13-10-9-12(20)11-15(13)21)23-24-19-22-17-8-6-5-7-14(17)18(26)25(19)4-2/h5-11H,3-4H2,1-2H3,(H,22,24)/b23-16-. The van der Waals surface area contributed by atoms with Crippen LogP contribution in [0, 0.1) is 0 Å². The molecular weight excluding hydrogens is 371 g/mol. The molecule has 0 fully saturated rings. The number of nitrogens with one attached hydrogen (secondary N) is 1. The second-order valence-electron chi connectivity index (χ2n) is 5.65. The van der Waals surface area contributed by atoms with Gasteiger partial charge in [0.1, 0.15) is 0 Å². The summed E-state index contributed by atoms with van der Waals surface area (Å²) in [5, 5.41) is 6.13. The van der Waals surface area contributed by atoms with Crippen molar-refractivity contribution in [2.75, 3.05) is 5.43 Å². The number of benzene rings is 2. The van der Waals surface area contributed by atoms with Crippen LogP contribution in [0.5, 0.6) is 0 Å². The molecule has 3 aromatic rings. The quantitative estimate of drug-likeness (QED) is 0.496. The largest absolute Gasteiger partial charge is 0.277 e. The van der Waals surface area contributed by atoms with Gasteiger partial charge in [0.05, 0.1) is 21.6 Å². The van der Waals surface area contributed by atoms with Crippen LogP contribution in [0.25, 0.3) is 10.9 Å². The van der Waals surface area contributed by atoms with Crippen LogP contribution < -0.4 is 11.0 Å². The predicted molar refractivity (Wildman–Crippen MR) is 109 cm³/mol. The molecule has 0 spiro atoms. The van der Waals surface area contributed by atoms with E-state index in [9.17, 15) is 4.79 Å². The summed E-state index contributed by atoms with van der Waals surface area (Å²) < 4.78 is 1.56. The first-order valence-electron chi connectivity index (χ1n) is 8.32. The van der Waals surface area contributed by atoms with E-state index in [4.69, 9.17) is 23.2 Å². The molecule has 26 heavy (non-hydrogen) atoms. The molecule has 0 unspecified atom stereocenters. The maximum atomic E-state index is 12.7. The molecule has 0 radical (unpaired) electrons. The topological polar surface area (TPSA) is 59.3 Å². The molecule has 134 valence electrons. The van der Waals surface area contributed by atoms with Crippen molar-refractivity contribution in [3.8, 4) is 0 Å². The lowest BCUT2D eigenvalue weighted by Gasteiger charge is -2.12. The average molecular weight is 389 g/mol. The first-order valence-corrected chi connectivity index (χ1v) is 9.08. The molecule has 0 aliphatic heterocycles. The third-order valence-corrected chi connectivity index (χ3v) is 4.59. The second kappa shape index (κ2) is 7.89. The van der Waals surface area contributed by atoms with Crippen molar-refractivity contribution in [3.63, 3.8) is 0 Å². The summed E-state index contributed by atoms with van der Waals surface area (Å²) in [6.07, 6.45) is 0.651. The van der Waals surface area contributed by atoms with Gasteiger partial charge in [-0.15, -0.1) is 0 Å². The molecule has 1 N–H and O–H groups in total. The van der Waals surface area contributed by atoms with Gasteiger partial charge in [-0.25, -0.2) is 10.4 Å². The van der Waals surface area contributed by atoms with E-state index >= 15 is 0 Å². The Labute approximate surface area is 161 Å². The second-order valence-corrected chi connectivity index (χ2v) is 6.49. The molecule has 3 rings (SSSR count). The van der Waals surface area contributed by atoms with Crippen LogP contribution in [-0.4, -0.2) is 15.3 Å². The van der Waals surface area contributed by atoms with Gasteiger partial charge in [0.25, 0.3) is 5.56 Å². The van der Waals surface area contributed by atoms with E-state index in [0.29, 0.717) is 39.9 Å². The van der Waals surface area contributed by atoms with Gasteiger partial charge in [0.2, 0.25) is 5.95 Å². The summed E-state index contributed by atoms with van der Waals surface area (Å²) in [4.78, 5) is 17.2. The monoisotopic (exact) mass is 388 g/mol. The molecule has 5 nitrogen and oxygen atoms in total. The van der Waals surface area contributed by atoms with Gasteiger partial charge in [-0.1, -0.05) is 48.3 Å². The van der Waals surface area contributed by atoms with Gasteiger partial charge < -0.3 is 0 Å². The number of para-hydroxylation sites is 1. The lowest BCUT2D eigenvalue weighted by atomic mass is 10.1. The maximum Gasteiger partial charge on any atom is 0.262 e. The van der Waals surface area contributed by atoms with Gasteiger partial charge >= 0.3 is 0 Å². The zero-order chi connectivity index (χ0) is 18.7. The van der Waals surface area contributed by atoms with E-state index in [1.807, 2.05) is 38.1 Å². The third-order valence-electron chi connectivity index (χ3n) is 4.05. The highest BCUT2D eigenvalue weighted by Crippen LogP contribution is 2.23. The molecule has 1 heterocycles. The first kappa shape index (κ1) is 18.4. The molecule has 2 aromatic carbocycles. The number of hydrogen-bond acceptors (Lipinski definition) is 4. The number of nitrogens with zero attached hydrogens (tertiary/aromatic N) is 3. The molecule has 0 amide bonds. The van der Waals surface area contributed by atoms with Crippen LogP contribution in [-0.2, 0) is 6.54 Å². The highest BCUT2D eigenvalue weighted by atomic mass is 35.5. The van der Waals surface area contributed by atoms with Crippen LogP contribution in [0.4, 0.5) is 5.95 Å². The fraction of sp³-hybridized carbons (Fsp3) is 0.211. The van der Waals surface area contributed by atoms with Gasteiger partial charge in [-0.05, 0) is 37.6 Å². The summed E-state index contributed by atoms with van der Waals surface area (Å²) >= 11 is 12.2. The summed E-state index contributed by atoms with van der Waals surface area (Å²) in [5.74, 6) is 0.396. The summed E-state index contributed by atoms with van der Waals surface area (Å²) in [7, 11) is 0. The van der Waals surface area contributed by atoms with E-state index in [0.717, 1.165) is 11.3 Å². The van der Waals surface area contributed by atoms with E-state index in [-0.39, 0.29) is 5.56 Å². The first-order chi connectivity index (χ1) is 12.5. The SMILES string of the molecule is CC/C(=N/Nc1nc2ccccc2c(=O)n1CC)c1ccc(Cl)cc1Cl. The summed E-state index contributed by atoms with van der Waals surface area (Å²) in [6, 6.07) is 12.5. The minimum atomic E-state index is -0.0987. The fourth-order valence-electron chi connectivity index (χ4n) is 2.72. The molecule has 0 aliphatic rings. The van der Waals surface area contributed by atoms with Crippen molar-refractivity contribution in [2.24, 2.45) is 5.10 Å². The maximum absolute atomic E-state index is 12.7. The number of halogens is 2. The van der Waals surface area contributed by atoms with E-state index < -0.39 is 0 Å². The Morgan fingerprint density at radius 3 is 2.65 bits per heavy atom. The molecule has 0 aliphatic carbocycles. The lowest BCUT2D eigenvalue weighted by Crippen LogP contribution is -2.23. The van der Waals surface area contributed by atoms with E-state index in [1.165, 1.54) is 0 Å². The summed E-state index contributed by atoms with van der Waals surface area (Å²) in [6.45, 7) is 4.35. The number of rotatable bonds is 5. The van der Waals surface area contributed by atoms with Gasteiger partial charge in [-0.2, -0.15) is 5.10 Å². The Balaban J connectivity index is 2.04. The number of hydrazone groups is 1. The molecule has 7 heteroatoms. The highest BCUT2D eigenvalue weighted by Gasteiger charge is 2.11. The van der Waals surface area contributed by atoms with Gasteiger partial charge in [0.15, 0.2) is 0 Å². The van der Waals surface area contributed by atoms with Gasteiger partial charge in [0, 0.05) is 17.1 Å². The molecule has 1 aromatic heterocycles. The fourth-order valence-corrected chi connectivity index (χ4v) is 3.24. The Hall–Kier alpha value is -2.37. The van der Waals surface area contributed by atoms with E-state index in [2.05, 4.69) is 15.5 Å². The lowest BCUT2D eigenvalue weighted by molar-refractivity contribution is 0.724. The minimum absolute atomic E-state index is 0.0987. The smallest absolute Gasteiger partial charge is 0.262 e. The van der Waals surface area contributed by atoms with Crippen molar-refractivity contribution in [1.82, 2.24) is 9.55 Å². The highest BCUT2D eigenvalue weighted by molar-refractivity contribution is 6.37. The van der Waals surface area contributed by atoms with Crippen LogP contribution in [0.2, 0.25) is 10.0 Å². The molecular formula is C19H18Cl2N4O. The molecule has 0 saturated carbocycles. The van der Waals surface area contributed by atoms with E-state index in [1.54, 1.807) is 22.8 Å². The van der Waals surface area contributed by atoms with Crippen molar-refractivity contribution in [1.29, 1.82) is 0 Å². The average Bonchev–Trinajstić information content (AvgIpc) is 2.64. The van der Waals surface area contributed by atoms with Crippen LogP contribution in [0.3, 0.4) is 0 Å². The van der Waals surface area contributed by atoms with Crippen molar-refractivity contribution >= 4 is 45.8 Å². The van der Waals surface area contributed by atoms with Gasteiger partial charge in [-0.3, -0.25) is 9.36 Å². The summed E-state index contributed by atoms with van der Waals surface area (Å²) in [5.41, 5.74) is 5.00. The van der Waals surface area contributed by atoms with Crippen LogP contribution in [0.15, 0.2) is 52.4 Å². The third kappa shape index (κ3) is 3.59. The predicted octanol–water partition coefficient (Wildman–Crippen LogP) is 4.95. The van der Waals surface area contributed by atoms with Crippen molar-refractivity contribution in [2.45, 2.75) is 26.8 Å². The normalized spacial score (nSPS) is 11.8. The zero-order valence-electron chi connectivity index (χ0n) is 14.5. The Morgan fingerprint density at radius 2 is 1.96 bits per heavy atom. The van der Waals surface area contributed by atoms with Crippen molar-refractivity contribution in [3.05, 3.63) is 68.4 Å². The van der Waals surface area contributed by atoms with Crippen LogP contribution >= 0.6 is 23.2 Å². The molecule has 0 saturated heterocycles. The Bertz CT molecular complexity index is 1040. The number of anilines is 1.